The molecule has 0 aromatic carbocycles. The summed E-state index contributed by atoms with van der Waals surface area (Å²) in [5, 5.41) is 10.5. The molecule has 0 aliphatic carbocycles. The number of aromatic nitrogens is 5. The Morgan fingerprint density at radius 3 is 2.85 bits per heavy atom. The number of nitrogens with one attached hydrogen (secondary N) is 1. The second-order valence-electron chi connectivity index (χ2n) is 6.79. The second kappa shape index (κ2) is 7.22. The van der Waals surface area contributed by atoms with Crippen LogP contribution in [0.2, 0.25) is 0 Å². The lowest BCUT2D eigenvalue weighted by Gasteiger charge is -2.24. The summed E-state index contributed by atoms with van der Waals surface area (Å²) in [6.45, 7) is 4.00. The van der Waals surface area contributed by atoms with Gasteiger partial charge >= 0.3 is 0 Å². The highest BCUT2D eigenvalue weighted by atomic mass is 19.1. The summed E-state index contributed by atoms with van der Waals surface area (Å²) in [4.78, 5) is 30.1. The molecule has 2 aromatic heterocycles. The first kappa shape index (κ1) is 18.0. The Morgan fingerprint density at radius 1 is 1.42 bits per heavy atom. The van der Waals surface area contributed by atoms with Crippen molar-refractivity contribution in [3.63, 3.8) is 0 Å². The molecule has 1 fully saturated rings. The molecule has 2 amide bonds. The lowest BCUT2D eigenvalue weighted by Crippen LogP contribution is -2.39. The van der Waals surface area contributed by atoms with Gasteiger partial charge in [0.05, 0.1) is 37.9 Å². The molecule has 1 aliphatic rings. The molecule has 10 heteroatoms. The van der Waals surface area contributed by atoms with Crippen LogP contribution in [0, 0.1) is 0 Å². The highest BCUT2D eigenvalue weighted by Gasteiger charge is 2.37. The summed E-state index contributed by atoms with van der Waals surface area (Å²) in [7, 11) is 1.72. The minimum atomic E-state index is -1.09. The van der Waals surface area contributed by atoms with Crippen LogP contribution in [0.15, 0.2) is 18.7 Å². The van der Waals surface area contributed by atoms with Gasteiger partial charge in [-0.25, -0.2) is 14.1 Å². The topological polar surface area (TPSA) is 97.9 Å². The Labute approximate surface area is 150 Å². The van der Waals surface area contributed by atoms with E-state index in [1.165, 1.54) is 28.3 Å². The zero-order valence-electron chi connectivity index (χ0n) is 15.0. The van der Waals surface area contributed by atoms with Crippen LogP contribution in [0.3, 0.4) is 0 Å². The molecule has 9 nitrogen and oxygen atoms in total. The highest BCUT2D eigenvalue weighted by Crippen LogP contribution is 2.23. The average molecular weight is 363 g/mol. The second-order valence-corrected chi connectivity index (χ2v) is 6.79. The van der Waals surface area contributed by atoms with Crippen molar-refractivity contribution >= 4 is 11.8 Å². The van der Waals surface area contributed by atoms with E-state index in [-0.39, 0.29) is 49.1 Å². The molecule has 140 valence electrons. The number of halogens is 1. The fraction of sp³-hybridized carbons (Fsp3) is 0.562. The Bertz CT molecular complexity index is 800. The van der Waals surface area contributed by atoms with Crippen LogP contribution >= 0.6 is 0 Å². The van der Waals surface area contributed by atoms with E-state index in [1.54, 1.807) is 11.6 Å². The summed E-state index contributed by atoms with van der Waals surface area (Å²) in [6.07, 6.45) is 3.63. The largest absolute Gasteiger partial charge is 0.348 e. The minimum Gasteiger partial charge on any atom is -0.348 e. The van der Waals surface area contributed by atoms with Crippen LogP contribution in [0.1, 0.15) is 41.2 Å². The first-order chi connectivity index (χ1) is 12.3. The van der Waals surface area contributed by atoms with Crippen LogP contribution in [0.5, 0.6) is 0 Å². The van der Waals surface area contributed by atoms with Crippen LogP contribution in [0.25, 0.3) is 0 Å². The Kier molecular flexibility index (Phi) is 5.01. The van der Waals surface area contributed by atoms with Crippen LogP contribution in [-0.2, 0) is 13.6 Å². The van der Waals surface area contributed by atoms with Crippen molar-refractivity contribution in [1.29, 1.82) is 0 Å². The predicted molar refractivity (Wildman–Crippen MR) is 90.2 cm³/mol. The molecule has 0 radical (unpaired) electrons. The number of amides is 2. The van der Waals surface area contributed by atoms with Crippen LogP contribution in [0.4, 0.5) is 4.39 Å². The number of rotatable bonds is 5. The lowest BCUT2D eigenvalue weighted by molar-refractivity contribution is 0.0704. The van der Waals surface area contributed by atoms with Crippen molar-refractivity contribution in [1.82, 2.24) is 34.8 Å². The summed E-state index contributed by atoms with van der Waals surface area (Å²) in [5.41, 5.74) is 0.595. The van der Waals surface area contributed by atoms with Gasteiger partial charge in [0, 0.05) is 19.5 Å². The van der Waals surface area contributed by atoms with Crippen molar-refractivity contribution in [3.8, 4) is 0 Å². The minimum absolute atomic E-state index is 0.0122. The number of likely N-dealkylation sites (tertiary alicyclic amines) is 1. The fourth-order valence-corrected chi connectivity index (χ4v) is 3.04. The van der Waals surface area contributed by atoms with Crippen molar-refractivity contribution in [2.45, 2.75) is 45.1 Å². The molecule has 2 atom stereocenters. The molecule has 2 aromatic rings. The third-order valence-corrected chi connectivity index (χ3v) is 4.25. The number of nitrogens with zero attached hydrogens (tertiary/aromatic N) is 6. The van der Waals surface area contributed by atoms with Gasteiger partial charge < -0.3 is 14.8 Å². The first-order valence-electron chi connectivity index (χ1n) is 8.47. The molecule has 3 rings (SSSR count). The molecule has 3 heterocycles. The van der Waals surface area contributed by atoms with E-state index >= 15 is 0 Å². The molecular weight excluding hydrogens is 341 g/mol. The van der Waals surface area contributed by atoms with E-state index in [0.29, 0.717) is 5.69 Å². The van der Waals surface area contributed by atoms with Gasteiger partial charge in [-0.05, 0) is 13.8 Å². The normalized spacial score (nSPS) is 20.0. The van der Waals surface area contributed by atoms with Gasteiger partial charge in [0.2, 0.25) is 0 Å². The zero-order valence-corrected chi connectivity index (χ0v) is 15.0. The van der Waals surface area contributed by atoms with Crippen LogP contribution in [-0.4, -0.2) is 66.1 Å². The number of carbonyl (C=O) groups excluding carboxylic acids is 2. The van der Waals surface area contributed by atoms with Gasteiger partial charge in [-0.1, -0.05) is 5.21 Å². The van der Waals surface area contributed by atoms with Gasteiger partial charge in [0.15, 0.2) is 5.69 Å². The molecule has 1 N–H and O–H groups in total. The van der Waals surface area contributed by atoms with Gasteiger partial charge in [0.25, 0.3) is 11.8 Å². The third kappa shape index (κ3) is 3.73. The van der Waals surface area contributed by atoms with E-state index in [1.807, 2.05) is 13.8 Å². The van der Waals surface area contributed by atoms with Crippen molar-refractivity contribution in [3.05, 3.63) is 30.1 Å². The maximum atomic E-state index is 14.0. The molecular formula is C16H22FN7O2. The zero-order chi connectivity index (χ0) is 18.8. The van der Waals surface area contributed by atoms with E-state index < -0.39 is 6.17 Å². The summed E-state index contributed by atoms with van der Waals surface area (Å²) in [5.74, 6) is -0.586. The van der Waals surface area contributed by atoms with E-state index in [4.69, 9.17) is 0 Å². The first-order valence-corrected chi connectivity index (χ1v) is 8.47. The number of imidazole rings is 1. The van der Waals surface area contributed by atoms with E-state index in [2.05, 4.69) is 20.6 Å². The van der Waals surface area contributed by atoms with Gasteiger partial charge in [-0.15, -0.1) is 5.10 Å². The number of alkyl halides is 1. The Morgan fingerprint density at radius 2 is 2.19 bits per heavy atom. The summed E-state index contributed by atoms with van der Waals surface area (Å²) in [6, 6.07) is -0.378. The lowest BCUT2D eigenvalue weighted by atomic mass is 10.2. The monoisotopic (exact) mass is 363 g/mol. The van der Waals surface area contributed by atoms with Crippen molar-refractivity contribution in [2.75, 3.05) is 6.54 Å². The van der Waals surface area contributed by atoms with E-state index in [9.17, 15) is 14.0 Å². The van der Waals surface area contributed by atoms with E-state index in [0.717, 1.165) is 0 Å². The molecule has 26 heavy (non-hydrogen) atoms. The summed E-state index contributed by atoms with van der Waals surface area (Å²) >= 11 is 0. The average Bonchev–Trinajstić information content (AvgIpc) is 3.27. The molecule has 0 saturated carbocycles. The maximum absolute atomic E-state index is 14.0. The third-order valence-electron chi connectivity index (χ3n) is 4.25. The van der Waals surface area contributed by atoms with Crippen molar-refractivity contribution in [2.24, 2.45) is 7.05 Å². The van der Waals surface area contributed by atoms with Crippen LogP contribution < -0.4 is 5.32 Å². The molecule has 0 bridgehead atoms. The highest BCUT2D eigenvalue weighted by molar-refractivity contribution is 5.93. The van der Waals surface area contributed by atoms with Gasteiger partial charge in [-0.2, -0.15) is 0 Å². The Balaban J connectivity index is 1.72. The molecule has 0 spiro atoms. The number of hydrogen-bond donors (Lipinski definition) is 1. The predicted octanol–water partition coefficient (Wildman–Crippen LogP) is 0.403. The molecule has 1 saturated heterocycles. The quantitative estimate of drug-likeness (QED) is 0.829. The van der Waals surface area contributed by atoms with Crippen molar-refractivity contribution < 1.29 is 14.0 Å². The fourth-order valence-electron chi connectivity index (χ4n) is 3.04. The standard InChI is InChI=1S/C16H22FN7O2/c1-10(2)19-15(25)13-8-23(21-20-13)7-12-4-11(17)6-24(12)16(26)14-5-18-9-22(14)3/h5,8-12H,4,6-7H2,1-3H3,(H,19,25)/t11-,12-/m0/s1. The number of aryl methyl sites for hydroxylation is 1. The molecule has 0 unspecified atom stereocenters. The van der Waals surface area contributed by atoms with Gasteiger partial charge in [-0.3, -0.25) is 9.59 Å². The van der Waals surface area contributed by atoms with Gasteiger partial charge in [0.1, 0.15) is 11.9 Å². The maximum Gasteiger partial charge on any atom is 0.273 e. The number of carbonyl (C=O) groups is 2. The summed E-state index contributed by atoms with van der Waals surface area (Å²) < 4.78 is 17.1. The Hall–Kier alpha value is -2.78. The number of hydrogen-bond acceptors (Lipinski definition) is 5. The SMILES string of the molecule is CC(C)NC(=O)c1cn(C[C@@H]2C[C@H](F)CN2C(=O)c2cncn2C)nn1. The molecule has 1 aliphatic heterocycles. The smallest absolute Gasteiger partial charge is 0.273 e.